The van der Waals surface area contributed by atoms with E-state index in [0.717, 1.165) is 16.1 Å². The fraction of sp³-hybridized carbons (Fsp3) is 0.417. The number of nitrogens with zero attached hydrogens (tertiary/aromatic N) is 1. The molecule has 0 fully saturated rings. The van der Waals surface area contributed by atoms with Crippen LogP contribution in [0, 0.1) is 0 Å². The lowest BCUT2D eigenvalue weighted by Crippen LogP contribution is -2.31. The van der Waals surface area contributed by atoms with E-state index in [1.165, 1.54) is 7.05 Å². The SMILES string of the molecule is CN(Cc1cccc(C(N)=S)c1)S(=O)(=O)CCS(C)(=O)=O. The maximum absolute atomic E-state index is 12.0. The summed E-state index contributed by atoms with van der Waals surface area (Å²) in [5.41, 5.74) is 6.91. The summed E-state index contributed by atoms with van der Waals surface area (Å²) in [6.45, 7) is 0.128. The van der Waals surface area contributed by atoms with Gasteiger partial charge in [0.1, 0.15) is 14.8 Å². The van der Waals surface area contributed by atoms with Crippen LogP contribution in [0.1, 0.15) is 11.1 Å². The smallest absolute Gasteiger partial charge is 0.215 e. The van der Waals surface area contributed by atoms with Crippen LogP contribution >= 0.6 is 12.2 Å². The largest absolute Gasteiger partial charge is 0.389 e. The molecule has 0 spiro atoms. The van der Waals surface area contributed by atoms with E-state index < -0.39 is 31.4 Å². The minimum Gasteiger partial charge on any atom is -0.389 e. The van der Waals surface area contributed by atoms with Gasteiger partial charge in [0.15, 0.2) is 0 Å². The van der Waals surface area contributed by atoms with E-state index in [2.05, 4.69) is 0 Å². The third-order valence-corrected chi connectivity index (χ3v) is 6.04. The first kappa shape index (κ1) is 18.0. The molecule has 1 aromatic carbocycles. The summed E-state index contributed by atoms with van der Waals surface area (Å²) in [7, 11) is -5.55. The van der Waals surface area contributed by atoms with Crippen LogP contribution in [0.4, 0.5) is 0 Å². The predicted octanol–water partition coefficient (Wildman–Crippen LogP) is 0.127. The standard InChI is InChI=1S/C12H18N2O4S3/c1-14(21(17,18)7-6-20(2,15)16)9-10-4-3-5-11(8-10)12(13)19/h3-5,8H,6-7,9H2,1-2H3,(H2,13,19). The Hall–Kier alpha value is -1.03. The van der Waals surface area contributed by atoms with Gasteiger partial charge in [-0.15, -0.1) is 0 Å². The Bertz CT molecular complexity index is 727. The molecule has 0 atom stereocenters. The Morgan fingerprint density at radius 2 is 1.86 bits per heavy atom. The van der Waals surface area contributed by atoms with Gasteiger partial charge < -0.3 is 5.73 Å². The van der Waals surface area contributed by atoms with Crippen LogP contribution in [0.15, 0.2) is 24.3 Å². The third-order valence-electron chi connectivity index (χ3n) is 2.80. The van der Waals surface area contributed by atoms with Crippen molar-refractivity contribution in [3.63, 3.8) is 0 Å². The van der Waals surface area contributed by atoms with Crippen LogP contribution < -0.4 is 5.73 Å². The molecule has 1 rings (SSSR count). The average molecular weight is 350 g/mol. The van der Waals surface area contributed by atoms with Gasteiger partial charge in [0.25, 0.3) is 0 Å². The highest BCUT2D eigenvalue weighted by Crippen LogP contribution is 2.11. The molecule has 1 aromatic rings. The van der Waals surface area contributed by atoms with Gasteiger partial charge in [-0.05, 0) is 11.6 Å². The molecule has 0 unspecified atom stereocenters. The van der Waals surface area contributed by atoms with Crippen molar-refractivity contribution in [3.05, 3.63) is 35.4 Å². The molecule has 9 heteroatoms. The van der Waals surface area contributed by atoms with E-state index in [9.17, 15) is 16.8 Å². The van der Waals surface area contributed by atoms with Gasteiger partial charge in [-0.3, -0.25) is 0 Å². The fourth-order valence-electron chi connectivity index (χ4n) is 1.59. The maximum Gasteiger partial charge on any atom is 0.215 e. The molecule has 0 bridgehead atoms. The quantitative estimate of drug-likeness (QED) is 0.702. The molecule has 21 heavy (non-hydrogen) atoms. The van der Waals surface area contributed by atoms with Gasteiger partial charge in [0, 0.05) is 25.4 Å². The first-order chi connectivity index (χ1) is 9.51. The second-order valence-electron chi connectivity index (χ2n) is 4.77. The summed E-state index contributed by atoms with van der Waals surface area (Å²) in [5.74, 6) is -0.829. The van der Waals surface area contributed by atoms with Gasteiger partial charge in [-0.1, -0.05) is 30.4 Å². The third kappa shape index (κ3) is 6.08. The van der Waals surface area contributed by atoms with Gasteiger partial charge in [-0.25, -0.2) is 21.1 Å². The summed E-state index contributed by atoms with van der Waals surface area (Å²) < 4.78 is 47.3. The predicted molar refractivity (Wildman–Crippen MR) is 87.3 cm³/mol. The highest BCUT2D eigenvalue weighted by molar-refractivity contribution is 7.93. The second kappa shape index (κ2) is 6.82. The van der Waals surface area contributed by atoms with Gasteiger partial charge in [-0.2, -0.15) is 0 Å². The van der Waals surface area contributed by atoms with E-state index in [-0.39, 0.29) is 11.5 Å². The zero-order chi connectivity index (χ0) is 16.3. The molecule has 0 aromatic heterocycles. The number of hydrogen-bond acceptors (Lipinski definition) is 5. The van der Waals surface area contributed by atoms with Crippen LogP contribution in [-0.2, 0) is 26.4 Å². The van der Waals surface area contributed by atoms with E-state index in [4.69, 9.17) is 18.0 Å². The van der Waals surface area contributed by atoms with Crippen molar-refractivity contribution in [2.24, 2.45) is 5.73 Å². The number of sulfonamides is 1. The number of rotatable bonds is 7. The summed E-state index contributed by atoms with van der Waals surface area (Å²) >= 11 is 4.87. The lowest BCUT2D eigenvalue weighted by atomic mass is 10.1. The Labute approximate surface area is 130 Å². The molecule has 6 nitrogen and oxygen atoms in total. The summed E-state index contributed by atoms with van der Waals surface area (Å²) in [6.07, 6.45) is 1.01. The maximum atomic E-state index is 12.0. The number of thiocarbonyl (C=S) groups is 1. The van der Waals surface area contributed by atoms with Gasteiger partial charge in [0.2, 0.25) is 10.0 Å². The van der Waals surface area contributed by atoms with E-state index >= 15 is 0 Å². The highest BCUT2D eigenvalue weighted by atomic mass is 32.2. The number of hydrogen-bond donors (Lipinski definition) is 1. The first-order valence-corrected chi connectivity index (χ1v) is 10.1. The number of nitrogens with two attached hydrogens (primary N) is 1. The monoisotopic (exact) mass is 350 g/mol. The summed E-state index contributed by atoms with van der Waals surface area (Å²) in [6, 6.07) is 6.94. The Kier molecular flexibility index (Phi) is 5.85. The van der Waals surface area contributed by atoms with Crippen LogP contribution in [0.3, 0.4) is 0 Å². The molecule has 0 saturated carbocycles. The molecular weight excluding hydrogens is 332 g/mol. The van der Waals surface area contributed by atoms with Crippen molar-refractivity contribution >= 4 is 37.1 Å². The van der Waals surface area contributed by atoms with Crippen LogP contribution in [0.25, 0.3) is 0 Å². The van der Waals surface area contributed by atoms with Crippen molar-refractivity contribution in [2.45, 2.75) is 6.54 Å². The lowest BCUT2D eigenvalue weighted by Gasteiger charge is -2.17. The van der Waals surface area contributed by atoms with E-state index in [1.807, 2.05) is 0 Å². The molecule has 0 saturated heterocycles. The Morgan fingerprint density at radius 1 is 1.24 bits per heavy atom. The number of benzene rings is 1. The summed E-state index contributed by atoms with van der Waals surface area (Å²) in [4.78, 5) is 0.236. The first-order valence-electron chi connectivity index (χ1n) is 6.02. The molecular formula is C12H18N2O4S3. The summed E-state index contributed by atoms with van der Waals surface area (Å²) in [5, 5.41) is 0. The minimum atomic E-state index is -3.63. The highest BCUT2D eigenvalue weighted by Gasteiger charge is 2.20. The van der Waals surface area contributed by atoms with Gasteiger partial charge in [0.05, 0.1) is 11.5 Å². The van der Waals surface area contributed by atoms with Gasteiger partial charge >= 0.3 is 0 Å². The normalized spacial score (nSPS) is 12.5. The number of sulfone groups is 1. The second-order valence-corrected chi connectivity index (χ2v) is 9.66. The molecule has 0 heterocycles. The van der Waals surface area contributed by atoms with Crippen LogP contribution in [-0.4, -0.2) is 50.9 Å². The van der Waals surface area contributed by atoms with Crippen LogP contribution in [0.2, 0.25) is 0 Å². The molecule has 0 amide bonds. The molecule has 0 aliphatic carbocycles. The molecule has 0 aliphatic heterocycles. The van der Waals surface area contributed by atoms with E-state index in [1.54, 1.807) is 24.3 Å². The lowest BCUT2D eigenvalue weighted by molar-refractivity contribution is 0.467. The van der Waals surface area contributed by atoms with E-state index in [0.29, 0.717) is 5.56 Å². The molecule has 2 N–H and O–H groups in total. The zero-order valence-corrected chi connectivity index (χ0v) is 14.3. The molecule has 118 valence electrons. The molecule has 0 aliphatic rings. The minimum absolute atomic E-state index is 0.128. The zero-order valence-electron chi connectivity index (χ0n) is 11.8. The Balaban J connectivity index is 2.82. The molecule has 0 radical (unpaired) electrons. The van der Waals surface area contributed by atoms with Crippen molar-refractivity contribution in [1.29, 1.82) is 0 Å². The fourth-order valence-corrected chi connectivity index (χ4v) is 4.43. The topological polar surface area (TPSA) is 97.5 Å². The van der Waals surface area contributed by atoms with Crippen molar-refractivity contribution < 1.29 is 16.8 Å². The average Bonchev–Trinajstić information content (AvgIpc) is 2.36. The van der Waals surface area contributed by atoms with Crippen molar-refractivity contribution in [1.82, 2.24) is 4.31 Å². The van der Waals surface area contributed by atoms with Crippen molar-refractivity contribution in [3.8, 4) is 0 Å². The van der Waals surface area contributed by atoms with Crippen molar-refractivity contribution in [2.75, 3.05) is 24.8 Å². The van der Waals surface area contributed by atoms with Crippen LogP contribution in [0.5, 0.6) is 0 Å². The Morgan fingerprint density at radius 3 is 2.38 bits per heavy atom.